The summed E-state index contributed by atoms with van der Waals surface area (Å²) in [7, 11) is -3.43. The van der Waals surface area contributed by atoms with Crippen LogP contribution in [-0.2, 0) is 19.4 Å². The van der Waals surface area contributed by atoms with Gasteiger partial charge in [-0.15, -0.1) is 0 Å². The Morgan fingerprint density at radius 3 is 2.37 bits per heavy atom. The van der Waals surface area contributed by atoms with Gasteiger partial charge in [-0.1, -0.05) is 55.6 Å². The first-order valence-electron chi connectivity index (χ1n) is 12.0. The summed E-state index contributed by atoms with van der Waals surface area (Å²) in [5.74, 6) is -0.569. The summed E-state index contributed by atoms with van der Waals surface area (Å²) in [5, 5.41) is 20.1. The van der Waals surface area contributed by atoms with E-state index >= 15 is 0 Å². The number of thiazole rings is 1. The molecule has 4 rings (SSSR count). The van der Waals surface area contributed by atoms with E-state index in [2.05, 4.69) is 10.3 Å². The number of rotatable bonds is 9. The average molecular weight is 527 g/mol. The van der Waals surface area contributed by atoms with Crippen molar-refractivity contribution in [1.82, 2.24) is 4.98 Å². The number of sulfone groups is 1. The number of aromatic nitrogens is 1. The quantitative estimate of drug-likeness (QED) is 0.450. The van der Waals surface area contributed by atoms with Gasteiger partial charge in [0.25, 0.3) is 5.91 Å². The summed E-state index contributed by atoms with van der Waals surface area (Å²) in [6, 6.07) is 6.23. The van der Waals surface area contributed by atoms with E-state index in [0.717, 1.165) is 44.9 Å². The summed E-state index contributed by atoms with van der Waals surface area (Å²) in [6.07, 6.45) is 5.23. The van der Waals surface area contributed by atoms with Gasteiger partial charge in [0.05, 0.1) is 22.9 Å². The summed E-state index contributed by atoms with van der Waals surface area (Å²) in [5.41, 5.74) is 0.158. The van der Waals surface area contributed by atoms with Crippen molar-refractivity contribution in [2.75, 3.05) is 11.9 Å². The Morgan fingerprint density at radius 2 is 1.74 bits per heavy atom. The normalized spacial score (nSPS) is 19.5. The lowest BCUT2D eigenvalue weighted by molar-refractivity contribution is -0.133. The Hall–Kier alpha value is -1.92. The second kappa shape index (κ2) is 11.4. The third-order valence-corrected chi connectivity index (χ3v) is 9.75. The molecule has 1 aromatic heterocycles. The first kappa shape index (κ1) is 26.2. The number of benzene rings is 1. The Labute approximate surface area is 208 Å². The Kier molecular flexibility index (Phi) is 8.54. The largest absolute Gasteiger partial charge is 0.393 e. The van der Waals surface area contributed by atoms with E-state index in [9.17, 15) is 22.7 Å². The van der Waals surface area contributed by atoms with E-state index in [1.807, 2.05) is 0 Å². The van der Waals surface area contributed by atoms with Crippen LogP contribution in [-0.4, -0.2) is 47.5 Å². The molecule has 1 heterocycles. The third-order valence-electron chi connectivity index (χ3n) is 6.70. The molecule has 1 amide bonds. The summed E-state index contributed by atoms with van der Waals surface area (Å²) in [4.78, 5) is 17.3. The summed E-state index contributed by atoms with van der Waals surface area (Å²) < 4.78 is 46.2. The van der Waals surface area contributed by atoms with E-state index in [4.69, 9.17) is 9.84 Å². The minimum atomic E-state index is -3.43. The Bertz CT molecular complexity index is 1110. The number of halogens is 1. The first-order valence-corrected chi connectivity index (χ1v) is 14.4. The molecule has 0 spiro atoms. The number of nitrogens with zero attached hydrogens (tertiary/aromatic N) is 1. The van der Waals surface area contributed by atoms with Crippen molar-refractivity contribution in [2.24, 2.45) is 0 Å². The molecule has 3 N–H and O–H groups in total. The number of nitrogens with one attached hydrogen (secondary N) is 1. The highest BCUT2D eigenvalue weighted by Gasteiger charge is 2.32. The second-order valence-corrected chi connectivity index (χ2v) is 12.3. The van der Waals surface area contributed by atoms with E-state index in [1.165, 1.54) is 12.1 Å². The standard InChI is InChI=1S/C24H31FN2O6S2/c25-22-20(19(29)14-28)26-24(34-22)27-23(30)21(33-16-6-2-1-3-7-16)15-10-12-18(13-11-15)35(31,32)17-8-4-5-9-17/h10-13,16-17,19,21,28-29H,1-9,14H2,(H,26,27,30). The van der Waals surface area contributed by atoms with Crippen LogP contribution in [0.1, 0.15) is 81.3 Å². The topological polar surface area (TPSA) is 126 Å². The fourth-order valence-corrected chi connectivity index (χ4v) is 7.34. The number of aliphatic hydroxyl groups excluding tert-OH is 2. The predicted molar refractivity (Wildman–Crippen MR) is 129 cm³/mol. The van der Waals surface area contributed by atoms with Gasteiger partial charge >= 0.3 is 0 Å². The number of carbonyl (C=O) groups is 1. The zero-order valence-corrected chi connectivity index (χ0v) is 21.0. The molecule has 8 nitrogen and oxygen atoms in total. The molecule has 2 fully saturated rings. The van der Waals surface area contributed by atoms with Crippen molar-refractivity contribution < 1.29 is 32.6 Å². The number of anilines is 1. The third kappa shape index (κ3) is 6.08. The van der Waals surface area contributed by atoms with Gasteiger partial charge in [-0.05, 0) is 43.4 Å². The SMILES string of the molecule is O=C(Nc1nc(C(O)CO)c(F)s1)C(OC1CCCCC1)c1ccc(S(=O)(=O)C2CCCC2)cc1. The average Bonchev–Trinajstić information content (AvgIpc) is 3.53. The molecule has 1 aromatic carbocycles. The van der Waals surface area contributed by atoms with Gasteiger partial charge in [-0.2, -0.15) is 4.39 Å². The van der Waals surface area contributed by atoms with Crippen LogP contribution in [0.3, 0.4) is 0 Å². The van der Waals surface area contributed by atoms with Gasteiger partial charge in [0.1, 0.15) is 11.8 Å². The minimum absolute atomic E-state index is 0.0623. The first-order chi connectivity index (χ1) is 16.8. The fraction of sp³-hybridized carbons (Fsp3) is 0.583. The van der Waals surface area contributed by atoms with Crippen LogP contribution in [0.25, 0.3) is 0 Å². The van der Waals surface area contributed by atoms with Crippen molar-refractivity contribution in [3.05, 3.63) is 40.7 Å². The van der Waals surface area contributed by atoms with Crippen molar-refractivity contribution in [3.8, 4) is 0 Å². The van der Waals surface area contributed by atoms with Gasteiger partial charge in [0, 0.05) is 0 Å². The summed E-state index contributed by atoms with van der Waals surface area (Å²) >= 11 is 0.549. The number of aliphatic hydroxyl groups is 2. The lowest BCUT2D eigenvalue weighted by atomic mass is 9.97. The highest BCUT2D eigenvalue weighted by atomic mass is 32.2. The van der Waals surface area contributed by atoms with Crippen molar-refractivity contribution in [3.63, 3.8) is 0 Å². The van der Waals surface area contributed by atoms with Crippen LogP contribution in [0.4, 0.5) is 9.52 Å². The molecular weight excluding hydrogens is 495 g/mol. The molecule has 2 aromatic rings. The lowest BCUT2D eigenvalue weighted by Crippen LogP contribution is -2.29. The molecule has 2 unspecified atom stereocenters. The van der Waals surface area contributed by atoms with Crippen LogP contribution in [0.15, 0.2) is 29.2 Å². The number of amides is 1. The highest BCUT2D eigenvalue weighted by molar-refractivity contribution is 7.92. The molecule has 2 saturated carbocycles. The molecule has 35 heavy (non-hydrogen) atoms. The van der Waals surface area contributed by atoms with E-state index in [0.29, 0.717) is 29.7 Å². The van der Waals surface area contributed by atoms with Gasteiger partial charge in [0.2, 0.25) is 5.13 Å². The van der Waals surface area contributed by atoms with Crippen molar-refractivity contribution in [2.45, 2.75) is 86.2 Å². The monoisotopic (exact) mass is 526 g/mol. The zero-order chi connectivity index (χ0) is 25.0. The molecule has 0 radical (unpaired) electrons. The highest BCUT2D eigenvalue weighted by Crippen LogP contribution is 2.33. The molecular formula is C24H31FN2O6S2. The van der Waals surface area contributed by atoms with Gasteiger partial charge in [0.15, 0.2) is 21.1 Å². The Morgan fingerprint density at radius 1 is 1.11 bits per heavy atom. The molecule has 0 saturated heterocycles. The number of ether oxygens (including phenoxy) is 1. The fourth-order valence-electron chi connectivity index (χ4n) is 4.74. The molecule has 0 bridgehead atoms. The Balaban J connectivity index is 1.56. The maximum atomic E-state index is 14.1. The minimum Gasteiger partial charge on any atom is -0.393 e. The maximum absolute atomic E-state index is 14.1. The van der Waals surface area contributed by atoms with Crippen LogP contribution < -0.4 is 5.32 Å². The molecule has 2 aliphatic carbocycles. The molecule has 0 aliphatic heterocycles. The lowest BCUT2D eigenvalue weighted by Gasteiger charge is -2.27. The smallest absolute Gasteiger partial charge is 0.259 e. The van der Waals surface area contributed by atoms with Crippen LogP contribution in [0.2, 0.25) is 0 Å². The molecule has 11 heteroatoms. The van der Waals surface area contributed by atoms with E-state index in [-0.39, 0.29) is 27.1 Å². The van der Waals surface area contributed by atoms with E-state index < -0.39 is 39.7 Å². The second-order valence-electron chi connectivity index (χ2n) is 9.16. The van der Waals surface area contributed by atoms with Gasteiger partial charge < -0.3 is 14.9 Å². The predicted octanol–water partition coefficient (Wildman–Crippen LogP) is 4.05. The molecule has 2 aliphatic rings. The van der Waals surface area contributed by atoms with Crippen LogP contribution in [0, 0.1) is 5.13 Å². The molecule has 2 atom stereocenters. The number of hydrogen-bond donors (Lipinski definition) is 3. The number of hydrogen-bond acceptors (Lipinski definition) is 8. The van der Waals surface area contributed by atoms with Gasteiger partial charge in [-0.25, -0.2) is 13.4 Å². The van der Waals surface area contributed by atoms with E-state index in [1.54, 1.807) is 12.1 Å². The van der Waals surface area contributed by atoms with Crippen molar-refractivity contribution >= 4 is 32.2 Å². The maximum Gasteiger partial charge on any atom is 0.259 e. The van der Waals surface area contributed by atoms with Crippen LogP contribution >= 0.6 is 11.3 Å². The van der Waals surface area contributed by atoms with Crippen LogP contribution in [0.5, 0.6) is 0 Å². The zero-order valence-electron chi connectivity index (χ0n) is 19.4. The van der Waals surface area contributed by atoms with Gasteiger partial charge in [-0.3, -0.25) is 10.1 Å². The number of carbonyl (C=O) groups excluding carboxylic acids is 1. The molecule has 192 valence electrons. The van der Waals surface area contributed by atoms with Crippen molar-refractivity contribution in [1.29, 1.82) is 0 Å². The summed E-state index contributed by atoms with van der Waals surface area (Å²) in [6.45, 7) is -0.697.